The summed E-state index contributed by atoms with van der Waals surface area (Å²) < 4.78 is 6.76. The summed E-state index contributed by atoms with van der Waals surface area (Å²) in [5, 5.41) is 0. The van der Waals surface area contributed by atoms with Crippen LogP contribution in [0, 0.1) is 5.92 Å². The van der Waals surface area contributed by atoms with Gasteiger partial charge in [-0.2, -0.15) is 0 Å². The first-order valence-electron chi connectivity index (χ1n) is 11.0. The van der Waals surface area contributed by atoms with Crippen LogP contribution in [0.5, 0.6) is 5.75 Å². The molecule has 0 atom stereocenters. The number of hydrogen-bond acceptors (Lipinski definition) is 5. The lowest BCUT2D eigenvalue weighted by molar-refractivity contribution is -0.0115. The molecule has 1 aliphatic carbocycles. The second-order valence-electron chi connectivity index (χ2n) is 9.10. The number of para-hydroxylation sites is 1. The molecule has 2 heterocycles. The molecule has 1 spiro atoms. The second kappa shape index (κ2) is 8.80. The third-order valence-electron chi connectivity index (χ3n) is 6.33. The number of aryl methyl sites for hydroxylation is 1. The van der Waals surface area contributed by atoms with Crippen LogP contribution < -0.4 is 4.74 Å². The third kappa shape index (κ3) is 4.96. The largest absolute Gasteiger partial charge is 0.486 e. The van der Waals surface area contributed by atoms with E-state index in [0.717, 1.165) is 56.4 Å². The molecule has 0 amide bonds. The van der Waals surface area contributed by atoms with E-state index in [1.165, 1.54) is 30.5 Å². The van der Waals surface area contributed by atoms with Crippen molar-refractivity contribution in [2.24, 2.45) is 5.92 Å². The van der Waals surface area contributed by atoms with E-state index in [-0.39, 0.29) is 5.60 Å². The lowest BCUT2D eigenvalue weighted by Gasteiger charge is -2.42. The Hall–Kier alpha value is -1.98. The summed E-state index contributed by atoms with van der Waals surface area (Å²) in [6.07, 6.45) is 9.59. The normalized spacial score (nSPS) is 24.9. The highest BCUT2D eigenvalue weighted by molar-refractivity contribution is 5.35. The smallest absolute Gasteiger partial charge is 0.127 e. The predicted molar refractivity (Wildman–Crippen MR) is 116 cm³/mol. The number of rotatable bonds is 5. The van der Waals surface area contributed by atoms with Crippen LogP contribution in [0.25, 0.3) is 0 Å². The Kier molecular flexibility index (Phi) is 6.16. The summed E-state index contributed by atoms with van der Waals surface area (Å²) in [5.41, 5.74) is 2.38. The minimum absolute atomic E-state index is 0.0837. The van der Waals surface area contributed by atoms with Crippen molar-refractivity contribution in [2.75, 3.05) is 27.2 Å². The monoisotopic (exact) mass is 394 g/mol. The van der Waals surface area contributed by atoms with E-state index in [1.807, 2.05) is 12.4 Å². The molecular formula is C24H34N4O. The van der Waals surface area contributed by atoms with Crippen LogP contribution in [0.1, 0.15) is 49.6 Å². The summed E-state index contributed by atoms with van der Waals surface area (Å²) in [4.78, 5) is 13.8. The quantitative estimate of drug-likeness (QED) is 0.769. The van der Waals surface area contributed by atoms with Gasteiger partial charge in [0.1, 0.15) is 17.2 Å². The van der Waals surface area contributed by atoms with E-state index in [1.54, 1.807) is 0 Å². The van der Waals surface area contributed by atoms with Crippen LogP contribution in [-0.2, 0) is 19.5 Å². The molecular weight excluding hydrogens is 360 g/mol. The van der Waals surface area contributed by atoms with Gasteiger partial charge in [-0.15, -0.1) is 0 Å². The molecule has 156 valence electrons. The molecule has 1 saturated carbocycles. The molecule has 1 aromatic carbocycles. The topological polar surface area (TPSA) is 41.5 Å². The molecule has 0 N–H and O–H groups in total. The Morgan fingerprint density at radius 1 is 1.14 bits per heavy atom. The Balaban J connectivity index is 1.53. The number of hydrogen-bond donors (Lipinski definition) is 0. The van der Waals surface area contributed by atoms with Gasteiger partial charge in [-0.05, 0) is 51.8 Å². The molecule has 29 heavy (non-hydrogen) atoms. The van der Waals surface area contributed by atoms with Gasteiger partial charge >= 0.3 is 0 Å². The number of nitrogens with zero attached hydrogens (tertiary/aromatic N) is 4. The average Bonchev–Trinajstić information content (AvgIpc) is 2.86. The van der Waals surface area contributed by atoms with E-state index >= 15 is 0 Å². The van der Waals surface area contributed by atoms with Gasteiger partial charge in [0.25, 0.3) is 0 Å². The maximum atomic E-state index is 6.76. The molecule has 2 aliphatic rings. The minimum atomic E-state index is -0.0837. The van der Waals surface area contributed by atoms with Crippen LogP contribution in [0.2, 0.25) is 0 Å². The van der Waals surface area contributed by atoms with Crippen molar-refractivity contribution in [1.29, 1.82) is 0 Å². The number of ether oxygens (including phenoxy) is 1. The molecule has 1 fully saturated rings. The number of fused-ring (bicyclic) bond motifs is 1. The van der Waals surface area contributed by atoms with E-state index in [4.69, 9.17) is 4.74 Å². The Bertz CT molecular complexity index is 797. The summed E-state index contributed by atoms with van der Waals surface area (Å²) in [7, 11) is 4.35. The van der Waals surface area contributed by atoms with E-state index < -0.39 is 0 Å². The Morgan fingerprint density at radius 3 is 2.55 bits per heavy atom. The summed E-state index contributed by atoms with van der Waals surface area (Å²) in [6, 6.07) is 8.56. The lowest BCUT2D eigenvalue weighted by atomic mass is 9.78. The predicted octanol–water partition coefficient (Wildman–Crippen LogP) is 3.92. The van der Waals surface area contributed by atoms with Gasteiger partial charge in [0.15, 0.2) is 0 Å². The molecule has 0 saturated heterocycles. The highest BCUT2D eigenvalue weighted by Gasteiger charge is 2.41. The van der Waals surface area contributed by atoms with Crippen LogP contribution in [0.15, 0.2) is 36.7 Å². The lowest BCUT2D eigenvalue weighted by Crippen LogP contribution is -2.48. The van der Waals surface area contributed by atoms with Crippen molar-refractivity contribution in [2.45, 2.75) is 57.7 Å². The van der Waals surface area contributed by atoms with E-state index in [2.05, 4.69) is 65.1 Å². The zero-order chi connectivity index (χ0) is 20.3. The first-order valence-corrected chi connectivity index (χ1v) is 11.0. The Morgan fingerprint density at radius 2 is 1.86 bits per heavy atom. The molecule has 1 aromatic heterocycles. The van der Waals surface area contributed by atoms with Gasteiger partial charge in [-0.3, -0.25) is 4.90 Å². The second-order valence-corrected chi connectivity index (χ2v) is 9.10. The summed E-state index contributed by atoms with van der Waals surface area (Å²) >= 11 is 0. The van der Waals surface area contributed by atoms with Gasteiger partial charge in [-0.1, -0.05) is 25.1 Å². The van der Waals surface area contributed by atoms with Crippen molar-refractivity contribution in [3.05, 3.63) is 53.6 Å². The molecule has 0 bridgehead atoms. The first-order chi connectivity index (χ1) is 14.0. The van der Waals surface area contributed by atoms with Gasteiger partial charge in [0.2, 0.25) is 0 Å². The highest BCUT2D eigenvalue weighted by atomic mass is 16.5. The molecule has 5 nitrogen and oxygen atoms in total. The van der Waals surface area contributed by atoms with Crippen molar-refractivity contribution >= 4 is 0 Å². The average molecular weight is 395 g/mol. The number of aromatic nitrogens is 2. The van der Waals surface area contributed by atoms with Gasteiger partial charge < -0.3 is 9.64 Å². The fraction of sp³-hybridized carbons (Fsp3) is 0.583. The van der Waals surface area contributed by atoms with Crippen LogP contribution in [0.3, 0.4) is 0 Å². The Labute approximate surface area is 175 Å². The maximum Gasteiger partial charge on any atom is 0.127 e. The van der Waals surface area contributed by atoms with E-state index in [9.17, 15) is 0 Å². The van der Waals surface area contributed by atoms with E-state index in [0.29, 0.717) is 0 Å². The maximum absolute atomic E-state index is 6.76. The zero-order valence-corrected chi connectivity index (χ0v) is 18.1. The first kappa shape index (κ1) is 20.3. The van der Waals surface area contributed by atoms with Crippen LogP contribution >= 0.6 is 0 Å². The van der Waals surface area contributed by atoms with Crippen molar-refractivity contribution in [1.82, 2.24) is 19.8 Å². The minimum Gasteiger partial charge on any atom is -0.486 e. The number of benzene rings is 1. The summed E-state index contributed by atoms with van der Waals surface area (Å²) in [5.74, 6) is 2.76. The molecule has 0 radical (unpaired) electrons. The van der Waals surface area contributed by atoms with Gasteiger partial charge in [-0.25, -0.2) is 9.97 Å². The van der Waals surface area contributed by atoms with Crippen molar-refractivity contribution < 1.29 is 4.74 Å². The van der Waals surface area contributed by atoms with Crippen LogP contribution in [0.4, 0.5) is 0 Å². The molecule has 2 aromatic rings. The molecule has 1 aliphatic heterocycles. The molecule has 4 rings (SSSR count). The zero-order valence-electron chi connectivity index (χ0n) is 18.1. The summed E-state index contributed by atoms with van der Waals surface area (Å²) in [6.45, 7) is 6.01. The molecule has 5 heteroatoms. The third-order valence-corrected chi connectivity index (χ3v) is 6.33. The molecule has 0 unspecified atom stereocenters. The standard InChI is InChI=1S/C24H34N4O/c1-4-23-25-13-20(14-26-23)16-28-17-21-7-5-6-8-22(21)29-24(18-28)11-9-19(10-12-24)15-27(2)3/h5-8,13-14,19H,4,9-12,15-18H2,1-3H3. The van der Waals surface area contributed by atoms with Gasteiger partial charge in [0.05, 0.1) is 0 Å². The SMILES string of the molecule is CCc1ncc(CN2Cc3ccccc3OC3(CCC(CN(C)C)CC3)C2)cn1. The van der Waals surface area contributed by atoms with Gasteiger partial charge in [0, 0.05) is 56.1 Å². The highest BCUT2D eigenvalue weighted by Crippen LogP contribution is 2.40. The fourth-order valence-electron chi connectivity index (χ4n) is 4.88. The van der Waals surface area contributed by atoms with Crippen LogP contribution in [-0.4, -0.2) is 52.6 Å². The fourth-order valence-corrected chi connectivity index (χ4v) is 4.88. The van der Waals surface area contributed by atoms with Crippen molar-refractivity contribution in [3.8, 4) is 5.75 Å². The van der Waals surface area contributed by atoms with Crippen molar-refractivity contribution in [3.63, 3.8) is 0 Å².